The minimum atomic E-state index is 0. The van der Waals surface area contributed by atoms with E-state index in [2.05, 4.69) is 10.2 Å². The van der Waals surface area contributed by atoms with E-state index in [0.29, 0.717) is 6.42 Å². The normalized spacial score (nSPS) is 20.0. The van der Waals surface area contributed by atoms with Gasteiger partial charge in [0.15, 0.2) is 0 Å². The van der Waals surface area contributed by atoms with Gasteiger partial charge in [-0.25, -0.2) is 0 Å². The summed E-state index contributed by atoms with van der Waals surface area (Å²) in [6.07, 6.45) is 0.595. The molecule has 2 amide bonds. The number of nitrogens with one attached hydrogen (secondary N) is 1. The van der Waals surface area contributed by atoms with Crippen LogP contribution in [-0.4, -0.2) is 85.4 Å². The van der Waals surface area contributed by atoms with Gasteiger partial charge >= 0.3 is 0 Å². The minimum Gasteiger partial charge on any atom is -0.340 e. The van der Waals surface area contributed by atoms with Crippen molar-refractivity contribution < 1.29 is 9.59 Å². The van der Waals surface area contributed by atoms with Gasteiger partial charge in [0.25, 0.3) is 0 Å². The lowest BCUT2D eigenvalue weighted by atomic mass is 10.1. The molecular weight excluding hydrogens is 304 g/mol. The first-order valence-corrected chi connectivity index (χ1v) is 8.07. The Bertz CT molecular complexity index is 365. The molecule has 0 aliphatic carbocycles. The Hall–Kier alpha value is -0.850. The quantitative estimate of drug-likeness (QED) is 0.789. The third kappa shape index (κ3) is 5.41. The van der Waals surface area contributed by atoms with Crippen LogP contribution in [-0.2, 0) is 9.59 Å². The van der Waals surface area contributed by atoms with Crippen molar-refractivity contribution in [2.24, 2.45) is 5.92 Å². The summed E-state index contributed by atoms with van der Waals surface area (Å²) in [5, 5.41) is 3.26. The van der Waals surface area contributed by atoms with Gasteiger partial charge in [0, 0.05) is 71.2 Å². The summed E-state index contributed by atoms with van der Waals surface area (Å²) >= 11 is 0. The number of carbonyl (C=O) groups excluding carboxylic acids is 2. The Morgan fingerprint density at radius 3 is 2.09 bits per heavy atom. The predicted molar refractivity (Wildman–Crippen MR) is 89.2 cm³/mol. The maximum Gasteiger partial charge on any atom is 0.225 e. The fourth-order valence-electron chi connectivity index (χ4n) is 2.88. The van der Waals surface area contributed by atoms with Crippen LogP contribution in [0, 0.1) is 5.92 Å². The van der Waals surface area contributed by atoms with Gasteiger partial charge in [-0.3, -0.25) is 14.5 Å². The zero-order chi connectivity index (χ0) is 15.2. The topological polar surface area (TPSA) is 55.9 Å². The van der Waals surface area contributed by atoms with Gasteiger partial charge in [-0.15, -0.1) is 12.4 Å². The highest BCUT2D eigenvalue weighted by molar-refractivity contribution is 5.85. The molecule has 0 atom stereocenters. The molecule has 1 N–H and O–H groups in total. The fourth-order valence-corrected chi connectivity index (χ4v) is 2.88. The lowest BCUT2D eigenvalue weighted by Gasteiger charge is -2.36. The van der Waals surface area contributed by atoms with E-state index < -0.39 is 0 Å². The van der Waals surface area contributed by atoms with Crippen molar-refractivity contribution in [2.45, 2.75) is 20.3 Å². The number of halogens is 1. The molecule has 0 aromatic rings. The van der Waals surface area contributed by atoms with Crippen LogP contribution in [0.1, 0.15) is 20.3 Å². The third-order valence-electron chi connectivity index (χ3n) is 4.29. The number of amides is 2. The van der Waals surface area contributed by atoms with E-state index in [9.17, 15) is 9.59 Å². The molecule has 2 heterocycles. The molecule has 128 valence electrons. The highest BCUT2D eigenvalue weighted by Gasteiger charge is 2.23. The van der Waals surface area contributed by atoms with E-state index in [-0.39, 0.29) is 30.1 Å². The van der Waals surface area contributed by atoms with Crippen molar-refractivity contribution >= 4 is 24.2 Å². The van der Waals surface area contributed by atoms with Gasteiger partial charge in [0.05, 0.1) is 0 Å². The molecule has 2 aliphatic rings. The van der Waals surface area contributed by atoms with Crippen LogP contribution >= 0.6 is 12.4 Å². The van der Waals surface area contributed by atoms with E-state index in [1.54, 1.807) is 0 Å². The Balaban J connectivity index is 0.00000242. The molecule has 22 heavy (non-hydrogen) atoms. The summed E-state index contributed by atoms with van der Waals surface area (Å²) in [6, 6.07) is 0. The van der Waals surface area contributed by atoms with E-state index in [1.807, 2.05) is 23.6 Å². The van der Waals surface area contributed by atoms with Gasteiger partial charge in [0.1, 0.15) is 0 Å². The lowest BCUT2D eigenvalue weighted by molar-refractivity contribution is -0.137. The van der Waals surface area contributed by atoms with Crippen molar-refractivity contribution in [1.82, 2.24) is 20.0 Å². The predicted octanol–water partition coefficient (Wildman–Crippen LogP) is 0.0303. The number of rotatable bonds is 4. The van der Waals surface area contributed by atoms with Crippen molar-refractivity contribution in [3.8, 4) is 0 Å². The summed E-state index contributed by atoms with van der Waals surface area (Å²) in [5.41, 5.74) is 0. The lowest BCUT2D eigenvalue weighted by Crippen LogP contribution is -2.51. The second-order valence-electron chi connectivity index (χ2n) is 6.20. The molecule has 0 radical (unpaired) electrons. The summed E-state index contributed by atoms with van der Waals surface area (Å²) in [4.78, 5) is 30.2. The molecule has 0 aromatic carbocycles. The third-order valence-corrected chi connectivity index (χ3v) is 4.29. The Labute approximate surface area is 139 Å². The molecule has 0 aromatic heterocycles. The van der Waals surface area contributed by atoms with Gasteiger partial charge < -0.3 is 15.1 Å². The highest BCUT2D eigenvalue weighted by atomic mass is 35.5. The van der Waals surface area contributed by atoms with Crippen molar-refractivity contribution in [2.75, 3.05) is 58.9 Å². The molecule has 2 aliphatic heterocycles. The van der Waals surface area contributed by atoms with Crippen molar-refractivity contribution in [3.05, 3.63) is 0 Å². The van der Waals surface area contributed by atoms with Gasteiger partial charge in [-0.2, -0.15) is 0 Å². The van der Waals surface area contributed by atoms with Gasteiger partial charge in [0.2, 0.25) is 11.8 Å². The molecule has 2 fully saturated rings. The van der Waals surface area contributed by atoms with Crippen LogP contribution in [0.25, 0.3) is 0 Å². The maximum absolute atomic E-state index is 12.1. The van der Waals surface area contributed by atoms with Gasteiger partial charge in [-0.05, 0) is 0 Å². The largest absolute Gasteiger partial charge is 0.340 e. The van der Waals surface area contributed by atoms with Crippen molar-refractivity contribution in [3.63, 3.8) is 0 Å². The summed E-state index contributed by atoms with van der Waals surface area (Å²) in [5.74, 6) is 0.578. The molecular formula is C15H29ClN4O2. The monoisotopic (exact) mass is 332 g/mol. The molecule has 0 bridgehead atoms. The van der Waals surface area contributed by atoms with Crippen LogP contribution in [0.3, 0.4) is 0 Å². The highest BCUT2D eigenvalue weighted by Crippen LogP contribution is 2.08. The van der Waals surface area contributed by atoms with E-state index in [4.69, 9.17) is 0 Å². The molecule has 7 heteroatoms. The Morgan fingerprint density at radius 2 is 1.55 bits per heavy atom. The van der Waals surface area contributed by atoms with Crippen LogP contribution in [0.2, 0.25) is 0 Å². The number of piperazine rings is 2. The smallest absolute Gasteiger partial charge is 0.225 e. The molecule has 0 spiro atoms. The standard InChI is InChI=1S/C15H28N4O2.ClH/c1-13(2)15(21)19-11-9-17(10-12-19)6-3-14(20)18-7-4-16-5-8-18;/h13,16H,3-12H2,1-2H3;1H. The minimum absolute atomic E-state index is 0. The Morgan fingerprint density at radius 1 is 0.955 bits per heavy atom. The first-order valence-electron chi connectivity index (χ1n) is 8.07. The number of carbonyl (C=O) groups is 2. The zero-order valence-electron chi connectivity index (χ0n) is 13.7. The van der Waals surface area contributed by atoms with Crippen LogP contribution in [0.15, 0.2) is 0 Å². The van der Waals surface area contributed by atoms with Crippen molar-refractivity contribution in [1.29, 1.82) is 0 Å². The first kappa shape index (κ1) is 19.2. The SMILES string of the molecule is CC(C)C(=O)N1CCN(CCC(=O)N2CCNCC2)CC1.Cl. The molecule has 6 nitrogen and oxygen atoms in total. The first-order chi connectivity index (χ1) is 10.1. The molecule has 2 rings (SSSR count). The number of hydrogen-bond acceptors (Lipinski definition) is 4. The molecule has 0 unspecified atom stereocenters. The van der Waals surface area contributed by atoms with Gasteiger partial charge in [-0.1, -0.05) is 13.8 Å². The number of nitrogens with zero attached hydrogens (tertiary/aromatic N) is 3. The fraction of sp³-hybridized carbons (Fsp3) is 0.867. The average molecular weight is 333 g/mol. The van der Waals surface area contributed by atoms with Crippen LogP contribution in [0.4, 0.5) is 0 Å². The number of hydrogen-bond donors (Lipinski definition) is 1. The molecule has 2 saturated heterocycles. The average Bonchev–Trinajstić information content (AvgIpc) is 2.53. The van der Waals surface area contributed by atoms with Crippen LogP contribution in [0.5, 0.6) is 0 Å². The second-order valence-corrected chi connectivity index (χ2v) is 6.20. The van der Waals surface area contributed by atoms with Crippen LogP contribution < -0.4 is 5.32 Å². The Kier molecular flexibility index (Phi) is 8.14. The molecule has 0 saturated carbocycles. The van der Waals surface area contributed by atoms with E-state index in [0.717, 1.165) is 58.9 Å². The second kappa shape index (κ2) is 9.33. The summed E-state index contributed by atoms with van der Waals surface area (Å²) < 4.78 is 0. The van der Waals surface area contributed by atoms with E-state index >= 15 is 0 Å². The summed E-state index contributed by atoms with van der Waals surface area (Å²) in [6.45, 7) is 11.5. The maximum atomic E-state index is 12.1. The van der Waals surface area contributed by atoms with E-state index in [1.165, 1.54) is 0 Å². The summed E-state index contributed by atoms with van der Waals surface area (Å²) in [7, 11) is 0. The zero-order valence-corrected chi connectivity index (χ0v) is 14.5.